The second-order valence-corrected chi connectivity index (χ2v) is 7.37. The number of ether oxygens (including phenoxy) is 1. The number of nitrogens with two attached hydrogens (primary N) is 1. The highest BCUT2D eigenvalue weighted by atomic mass is 16.5. The zero-order chi connectivity index (χ0) is 20.1. The Labute approximate surface area is 171 Å². The Morgan fingerprint density at radius 2 is 1.90 bits per heavy atom. The van der Waals surface area contributed by atoms with E-state index < -0.39 is 0 Å². The molecule has 1 heterocycles. The molecule has 0 unspecified atom stereocenters. The molecule has 1 fully saturated rings. The van der Waals surface area contributed by atoms with Gasteiger partial charge < -0.3 is 21.1 Å². The Balaban J connectivity index is 1.51. The summed E-state index contributed by atoms with van der Waals surface area (Å²) >= 11 is 0. The molecular weight excluding hydrogens is 362 g/mol. The molecule has 6 heteroatoms. The van der Waals surface area contributed by atoms with E-state index in [4.69, 9.17) is 10.5 Å². The number of methoxy groups -OCH3 is 1. The summed E-state index contributed by atoms with van der Waals surface area (Å²) in [6, 6.07) is 18.4. The summed E-state index contributed by atoms with van der Waals surface area (Å²) in [5.74, 6) is 2.20. The lowest BCUT2D eigenvalue weighted by atomic mass is 9.91. The highest BCUT2D eigenvalue weighted by molar-refractivity contribution is 5.74. The summed E-state index contributed by atoms with van der Waals surface area (Å²) in [6.45, 7) is 0. The van der Waals surface area contributed by atoms with E-state index in [1.165, 1.54) is 12.8 Å². The molecular formula is C23H27N5O. The van der Waals surface area contributed by atoms with Crippen molar-refractivity contribution >= 4 is 17.5 Å². The van der Waals surface area contributed by atoms with Crippen molar-refractivity contribution in [2.24, 2.45) is 5.73 Å². The molecule has 0 bridgehead atoms. The third-order valence-electron chi connectivity index (χ3n) is 5.34. The van der Waals surface area contributed by atoms with E-state index >= 15 is 0 Å². The number of nitrogens with one attached hydrogen (secondary N) is 2. The van der Waals surface area contributed by atoms with Crippen LogP contribution in [0.25, 0.3) is 11.1 Å². The topological polar surface area (TPSA) is 85.1 Å². The fraction of sp³-hybridized carbons (Fsp3) is 0.304. The molecule has 2 atom stereocenters. The van der Waals surface area contributed by atoms with Gasteiger partial charge in [-0.05, 0) is 42.7 Å². The molecule has 6 nitrogen and oxygen atoms in total. The molecule has 1 saturated carbocycles. The quantitative estimate of drug-likeness (QED) is 0.572. The first-order valence-corrected chi connectivity index (χ1v) is 10.1. The lowest BCUT2D eigenvalue weighted by molar-refractivity contribution is 0.402. The Kier molecular flexibility index (Phi) is 5.91. The van der Waals surface area contributed by atoms with Gasteiger partial charge >= 0.3 is 0 Å². The molecule has 0 amide bonds. The number of benzene rings is 2. The van der Waals surface area contributed by atoms with Crippen molar-refractivity contribution in [3.63, 3.8) is 0 Å². The van der Waals surface area contributed by atoms with Crippen molar-refractivity contribution in [3.05, 3.63) is 60.8 Å². The van der Waals surface area contributed by atoms with E-state index in [1.54, 1.807) is 13.3 Å². The summed E-state index contributed by atoms with van der Waals surface area (Å²) in [5, 5.41) is 6.78. The second kappa shape index (κ2) is 8.92. The molecule has 1 aliphatic rings. The van der Waals surface area contributed by atoms with Gasteiger partial charge in [-0.25, -0.2) is 4.98 Å². The molecule has 29 heavy (non-hydrogen) atoms. The molecule has 150 valence electrons. The Morgan fingerprint density at radius 1 is 1.03 bits per heavy atom. The van der Waals surface area contributed by atoms with E-state index in [2.05, 4.69) is 38.8 Å². The van der Waals surface area contributed by atoms with Crippen LogP contribution in [0.2, 0.25) is 0 Å². The second-order valence-electron chi connectivity index (χ2n) is 7.37. The van der Waals surface area contributed by atoms with Crippen LogP contribution in [0.15, 0.2) is 60.8 Å². The fourth-order valence-electron chi connectivity index (χ4n) is 3.80. The van der Waals surface area contributed by atoms with Crippen LogP contribution in [-0.4, -0.2) is 29.2 Å². The van der Waals surface area contributed by atoms with Crippen LogP contribution in [0.4, 0.5) is 17.5 Å². The smallest absolute Gasteiger partial charge is 0.224 e. The lowest BCUT2D eigenvalue weighted by Crippen LogP contribution is -2.42. The Bertz CT molecular complexity index is 961. The fourth-order valence-corrected chi connectivity index (χ4v) is 3.80. The number of hydrogen-bond donors (Lipinski definition) is 3. The van der Waals surface area contributed by atoms with Crippen molar-refractivity contribution in [2.75, 3.05) is 17.7 Å². The van der Waals surface area contributed by atoms with Crippen LogP contribution in [0.1, 0.15) is 25.7 Å². The average molecular weight is 390 g/mol. The number of anilines is 3. The van der Waals surface area contributed by atoms with Crippen LogP contribution in [-0.2, 0) is 0 Å². The maximum Gasteiger partial charge on any atom is 0.224 e. The molecule has 3 aromatic rings. The zero-order valence-electron chi connectivity index (χ0n) is 16.6. The first kappa shape index (κ1) is 19.2. The minimum Gasteiger partial charge on any atom is -0.496 e. The van der Waals surface area contributed by atoms with Crippen molar-refractivity contribution in [1.29, 1.82) is 0 Å². The largest absolute Gasteiger partial charge is 0.496 e. The standard InChI is InChI=1S/C23H27N5O/c1-29-21-12-5-2-9-18(21)16-7-6-8-17(15-16)26-22-13-14-25-23(28-22)27-20-11-4-3-10-19(20)24/h2,5-9,12-15,19-20H,3-4,10-11,24H2,1H3,(H2,25,26,27,28)/t19-,20+/m0/s1. The van der Waals surface area contributed by atoms with Crippen molar-refractivity contribution in [2.45, 2.75) is 37.8 Å². The Hall–Kier alpha value is -3.12. The maximum atomic E-state index is 6.24. The molecule has 0 aliphatic heterocycles. The molecule has 0 radical (unpaired) electrons. The first-order valence-electron chi connectivity index (χ1n) is 10.1. The highest BCUT2D eigenvalue weighted by Gasteiger charge is 2.22. The zero-order valence-corrected chi connectivity index (χ0v) is 16.6. The summed E-state index contributed by atoms with van der Waals surface area (Å²) in [4.78, 5) is 8.98. The molecule has 1 aliphatic carbocycles. The molecule has 4 rings (SSSR count). The normalized spacial score (nSPS) is 18.8. The Morgan fingerprint density at radius 3 is 2.76 bits per heavy atom. The van der Waals surface area contributed by atoms with Crippen LogP contribution in [0.3, 0.4) is 0 Å². The van der Waals surface area contributed by atoms with Crippen LogP contribution in [0.5, 0.6) is 5.75 Å². The average Bonchev–Trinajstić information content (AvgIpc) is 2.76. The van der Waals surface area contributed by atoms with Gasteiger partial charge in [0.05, 0.1) is 7.11 Å². The first-order chi connectivity index (χ1) is 14.2. The van der Waals surface area contributed by atoms with Crippen LogP contribution >= 0.6 is 0 Å². The van der Waals surface area contributed by atoms with E-state index in [9.17, 15) is 0 Å². The minimum atomic E-state index is 0.154. The number of nitrogens with zero attached hydrogens (tertiary/aromatic N) is 2. The van der Waals surface area contributed by atoms with Gasteiger partial charge in [-0.3, -0.25) is 0 Å². The van der Waals surface area contributed by atoms with Gasteiger partial charge in [-0.2, -0.15) is 4.98 Å². The van der Waals surface area contributed by atoms with Crippen LogP contribution < -0.4 is 21.1 Å². The minimum absolute atomic E-state index is 0.154. The number of para-hydroxylation sites is 1. The maximum absolute atomic E-state index is 6.24. The van der Waals surface area contributed by atoms with Gasteiger partial charge in [-0.1, -0.05) is 43.2 Å². The molecule has 0 saturated heterocycles. The number of rotatable bonds is 6. The van der Waals surface area contributed by atoms with Gasteiger partial charge in [0.2, 0.25) is 5.95 Å². The molecule has 4 N–H and O–H groups in total. The van der Waals surface area contributed by atoms with E-state index in [0.29, 0.717) is 5.95 Å². The summed E-state index contributed by atoms with van der Waals surface area (Å²) in [5.41, 5.74) is 9.32. The molecule has 1 aromatic heterocycles. The van der Waals surface area contributed by atoms with Crippen LogP contribution in [0, 0.1) is 0 Å². The van der Waals surface area contributed by atoms with Gasteiger partial charge in [0.25, 0.3) is 0 Å². The SMILES string of the molecule is COc1ccccc1-c1cccc(Nc2ccnc(N[C@@H]3CCCC[C@@H]3N)n2)c1. The number of aromatic nitrogens is 2. The molecule has 2 aromatic carbocycles. The summed E-state index contributed by atoms with van der Waals surface area (Å²) in [7, 11) is 1.69. The van der Waals surface area contributed by atoms with Gasteiger partial charge in [0.15, 0.2) is 0 Å². The predicted octanol–water partition coefficient (Wildman–Crippen LogP) is 4.58. The van der Waals surface area contributed by atoms with Crippen molar-refractivity contribution in [3.8, 4) is 16.9 Å². The summed E-state index contributed by atoms with van der Waals surface area (Å²) < 4.78 is 5.49. The van der Waals surface area contributed by atoms with Gasteiger partial charge in [-0.15, -0.1) is 0 Å². The predicted molar refractivity (Wildman–Crippen MR) is 118 cm³/mol. The highest BCUT2D eigenvalue weighted by Crippen LogP contribution is 2.31. The molecule has 0 spiro atoms. The van der Waals surface area contributed by atoms with Gasteiger partial charge in [0.1, 0.15) is 11.6 Å². The lowest BCUT2D eigenvalue weighted by Gasteiger charge is -2.29. The van der Waals surface area contributed by atoms with Crippen molar-refractivity contribution < 1.29 is 4.74 Å². The van der Waals surface area contributed by atoms with Gasteiger partial charge in [0, 0.05) is 29.5 Å². The van der Waals surface area contributed by atoms with E-state index in [1.807, 2.05) is 36.4 Å². The van der Waals surface area contributed by atoms with Crippen molar-refractivity contribution in [1.82, 2.24) is 9.97 Å². The van der Waals surface area contributed by atoms with E-state index in [-0.39, 0.29) is 12.1 Å². The third kappa shape index (κ3) is 4.66. The van der Waals surface area contributed by atoms with E-state index in [0.717, 1.165) is 41.2 Å². The third-order valence-corrected chi connectivity index (χ3v) is 5.34. The summed E-state index contributed by atoms with van der Waals surface area (Å²) in [6.07, 6.45) is 6.26. The number of hydrogen-bond acceptors (Lipinski definition) is 6. The monoisotopic (exact) mass is 389 g/mol.